The van der Waals surface area contributed by atoms with Gasteiger partial charge in [-0.15, -0.1) is 0 Å². The second-order valence-electron chi connectivity index (χ2n) is 6.33. The molecule has 0 saturated carbocycles. The van der Waals surface area contributed by atoms with Gasteiger partial charge in [0, 0.05) is 17.4 Å². The number of ether oxygens (including phenoxy) is 2. The van der Waals surface area contributed by atoms with Crippen LogP contribution in [0.15, 0.2) is 60.7 Å². The zero-order valence-corrected chi connectivity index (χ0v) is 15.1. The van der Waals surface area contributed by atoms with Crippen molar-refractivity contribution in [2.45, 2.75) is 6.54 Å². The van der Waals surface area contributed by atoms with Gasteiger partial charge < -0.3 is 19.1 Å². The van der Waals surface area contributed by atoms with Crippen LogP contribution in [-0.4, -0.2) is 29.9 Å². The number of fused-ring (bicyclic) bond motifs is 2. The highest BCUT2D eigenvalue weighted by molar-refractivity contribution is 5.95. The first-order valence-corrected chi connectivity index (χ1v) is 8.57. The molecule has 0 unspecified atom stereocenters. The zero-order chi connectivity index (χ0) is 19.0. The van der Waals surface area contributed by atoms with Crippen molar-refractivity contribution in [2.24, 2.45) is 0 Å². The number of nitrogens with zero attached hydrogens (tertiary/aromatic N) is 1. The quantitative estimate of drug-likeness (QED) is 0.566. The van der Waals surface area contributed by atoms with Gasteiger partial charge in [0.05, 0.1) is 14.2 Å². The van der Waals surface area contributed by atoms with Crippen LogP contribution in [0, 0.1) is 0 Å². The van der Waals surface area contributed by atoms with E-state index in [0.717, 1.165) is 27.2 Å². The molecule has 5 nitrogen and oxygen atoms in total. The molecule has 3 aromatic carbocycles. The summed E-state index contributed by atoms with van der Waals surface area (Å²) in [6, 6.07) is 19.3. The number of para-hydroxylation sites is 1. The van der Waals surface area contributed by atoms with E-state index in [-0.39, 0.29) is 5.69 Å². The summed E-state index contributed by atoms with van der Waals surface area (Å²) >= 11 is 0. The van der Waals surface area contributed by atoms with Gasteiger partial charge in [-0.25, -0.2) is 4.79 Å². The molecule has 0 aliphatic carbocycles. The number of carbonyl (C=O) groups is 1. The third kappa shape index (κ3) is 2.87. The molecule has 0 spiro atoms. The Labute approximate surface area is 156 Å². The van der Waals surface area contributed by atoms with Gasteiger partial charge in [-0.05, 0) is 40.6 Å². The third-order valence-corrected chi connectivity index (χ3v) is 4.83. The molecule has 0 bridgehead atoms. The third-order valence-electron chi connectivity index (χ3n) is 4.83. The highest BCUT2D eigenvalue weighted by Gasteiger charge is 2.16. The van der Waals surface area contributed by atoms with Gasteiger partial charge in [0.25, 0.3) is 0 Å². The van der Waals surface area contributed by atoms with Crippen molar-refractivity contribution >= 4 is 27.6 Å². The first-order chi connectivity index (χ1) is 13.1. The summed E-state index contributed by atoms with van der Waals surface area (Å²) in [5.74, 6) is 0.374. The molecule has 0 aliphatic heterocycles. The van der Waals surface area contributed by atoms with Gasteiger partial charge in [0.2, 0.25) is 0 Å². The van der Waals surface area contributed by atoms with E-state index in [2.05, 4.69) is 0 Å². The number of carboxylic acids is 1. The van der Waals surface area contributed by atoms with Gasteiger partial charge in [-0.2, -0.15) is 0 Å². The minimum absolute atomic E-state index is 0.272. The predicted molar refractivity (Wildman–Crippen MR) is 105 cm³/mol. The van der Waals surface area contributed by atoms with Crippen molar-refractivity contribution in [1.82, 2.24) is 4.57 Å². The standard InChI is InChI=1S/C22H19NO4/c1-26-20-11-14-7-5-8-16(17(14)12-21(20)27-2)13-23-18-9-4-3-6-15(18)10-19(23)22(24)25/h3-12H,13H2,1-2H3,(H,24,25). The van der Waals surface area contributed by atoms with Crippen LogP contribution in [0.3, 0.4) is 0 Å². The van der Waals surface area contributed by atoms with Gasteiger partial charge in [-0.3, -0.25) is 0 Å². The van der Waals surface area contributed by atoms with E-state index >= 15 is 0 Å². The first-order valence-electron chi connectivity index (χ1n) is 8.57. The maximum Gasteiger partial charge on any atom is 0.352 e. The number of aromatic nitrogens is 1. The van der Waals surface area contributed by atoms with Crippen LogP contribution in [-0.2, 0) is 6.54 Å². The van der Waals surface area contributed by atoms with E-state index in [0.29, 0.717) is 18.0 Å². The lowest BCUT2D eigenvalue weighted by Crippen LogP contribution is -2.09. The van der Waals surface area contributed by atoms with Crippen molar-refractivity contribution in [3.63, 3.8) is 0 Å². The van der Waals surface area contributed by atoms with Crippen molar-refractivity contribution in [1.29, 1.82) is 0 Å². The van der Waals surface area contributed by atoms with Crippen LogP contribution in [0.25, 0.3) is 21.7 Å². The minimum atomic E-state index is -0.939. The van der Waals surface area contributed by atoms with E-state index in [1.54, 1.807) is 20.3 Å². The fraction of sp³-hybridized carbons (Fsp3) is 0.136. The van der Waals surface area contributed by atoms with Crippen LogP contribution >= 0.6 is 0 Å². The molecule has 27 heavy (non-hydrogen) atoms. The molecule has 136 valence electrons. The summed E-state index contributed by atoms with van der Waals surface area (Å²) in [5.41, 5.74) is 2.18. The molecular formula is C22H19NO4. The predicted octanol–water partition coefficient (Wildman–Crippen LogP) is 4.56. The fourth-order valence-electron chi connectivity index (χ4n) is 3.53. The number of benzene rings is 3. The largest absolute Gasteiger partial charge is 0.493 e. The summed E-state index contributed by atoms with van der Waals surface area (Å²) in [6.45, 7) is 0.446. The lowest BCUT2D eigenvalue weighted by Gasteiger charge is -2.14. The topological polar surface area (TPSA) is 60.7 Å². The molecule has 0 saturated heterocycles. The summed E-state index contributed by atoms with van der Waals surface area (Å²) in [5, 5.41) is 12.6. The number of hydrogen-bond donors (Lipinski definition) is 1. The lowest BCUT2D eigenvalue weighted by atomic mass is 10.0. The Balaban J connectivity index is 1.91. The van der Waals surface area contributed by atoms with Crippen LogP contribution in [0.5, 0.6) is 11.5 Å². The van der Waals surface area contributed by atoms with Gasteiger partial charge >= 0.3 is 5.97 Å². The monoisotopic (exact) mass is 361 g/mol. The summed E-state index contributed by atoms with van der Waals surface area (Å²) in [7, 11) is 3.22. The molecule has 1 heterocycles. The molecule has 1 aromatic heterocycles. The fourth-order valence-corrected chi connectivity index (χ4v) is 3.53. The zero-order valence-electron chi connectivity index (χ0n) is 15.1. The molecule has 5 heteroatoms. The van der Waals surface area contributed by atoms with Crippen molar-refractivity contribution in [2.75, 3.05) is 14.2 Å². The summed E-state index contributed by atoms with van der Waals surface area (Å²) in [6.07, 6.45) is 0. The number of methoxy groups -OCH3 is 2. The van der Waals surface area contributed by atoms with E-state index in [9.17, 15) is 9.90 Å². The van der Waals surface area contributed by atoms with Crippen molar-refractivity contribution < 1.29 is 19.4 Å². The van der Waals surface area contributed by atoms with Gasteiger partial charge in [0.15, 0.2) is 11.5 Å². The Morgan fingerprint density at radius 2 is 1.63 bits per heavy atom. The molecule has 0 amide bonds. The minimum Gasteiger partial charge on any atom is -0.493 e. The highest BCUT2D eigenvalue weighted by Crippen LogP contribution is 2.34. The Morgan fingerprint density at radius 1 is 0.926 bits per heavy atom. The van der Waals surface area contributed by atoms with Gasteiger partial charge in [-0.1, -0.05) is 36.4 Å². The second-order valence-corrected chi connectivity index (χ2v) is 6.33. The maximum absolute atomic E-state index is 11.8. The molecule has 4 aromatic rings. The molecule has 4 rings (SSSR count). The summed E-state index contributed by atoms with van der Waals surface area (Å²) in [4.78, 5) is 11.8. The van der Waals surface area contributed by atoms with Gasteiger partial charge in [0.1, 0.15) is 5.69 Å². The Kier molecular flexibility index (Phi) is 4.20. The molecule has 0 fully saturated rings. The smallest absolute Gasteiger partial charge is 0.352 e. The number of rotatable bonds is 5. The first kappa shape index (κ1) is 17.0. The van der Waals surface area contributed by atoms with Crippen LogP contribution < -0.4 is 9.47 Å². The van der Waals surface area contributed by atoms with Crippen LogP contribution in [0.2, 0.25) is 0 Å². The van der Waals surface area contributed by atoms with Crippen molar-refractivity contribution in [3.8, 4) is 11.5 Å². The number of aromatic carboxylic acids is 1. The lowest BCUT2D eigenvalue weighted by molar-refractivity contribution is 0.0686. The highest BCUT2D eigenvalue weighted by atomic mass is 16.5. The molecular weight excluding hydrogens is 342 g/mol. The Hall–Kier alpha value is -3.47. The Bertz CT molecular complexity index is 1160. The number of hydrogen-bond acceptors (Lipinski definition) is 3. The average Bonchev–Trinajstić information content (AvgIpc) is 3.06. The average molecular weight is 361 g/mol. The van der Waals surface area contributed by atoms with Crippen LogP contribution in [0.1, 0.15) is 16.1 Å². The number of carboxylic acid groups (broad SMARTS) is 1. The molecule has 0 radical (unpaired) electrons. The molecule has 0 aliphatic rings. The SMILES string of the molecule is COc1cc2cccc(Cn3c(C(=O)O)cc4ccccc43)c2cc1OC. The molecule has 1 N–H and O–H groups in total. The van der Waals surface area contributed by atoms with Crippen molar-refractivity contribution in [3.05, 3.63) is 71.9 Å². The van der Waals surface area contributed by atoms with E-state index < -0.39 is 5.97 Å². The van der Waals surface area contributed by atoms with E-state index in [1.165, 1.54) is 0 Å². The Morgan fingerprint density at radius 3 is 2.37 bits per heavy atom. The summed E-state index contributed by atoms with van der Waals surface area (Å²) < 4.78 is 12.7. The second kappa shape index (κ2) is 6.68. The maximum atomic E-state index is 11.8. The molecule has 0 atom stereocenters. The normalized spacial score (nSPS) is 11.0. The van der Waals surface area contributed by atoms with Crippen LogP contribution in [0.4, 0.5) is 0 Å². The van der Waals surface area contributed by atoms with E-state index in [1.807, 2.05) is 59.2 Å². The van der Waals surface area contributed by atoms with E-state index in [4.69, 9.17) is 9.47 Å².